The summed E-state index contributed by atoms with van der Waals surface area (Å²) in [6.45, 7) is 3.50. The fraction of sp³-hybridized carbons (Fsp3) is 0.581. The van der Waals surface area contributed by atoms with Gasteiger partial charge in [0.05, 0.1) is 18.7 Å². The van der Waals surface area contributed by atoms with Gasteiger partial charge in [0.15, 0.2) is 11.4 Å². The van der Waals surface area contributed by atoms with E-state index in [2.05, 4.69) is 12.2 Å². The van der Waals surface area contributed by atoms with E-state index in [1.165, 1.54) is 37.3 Å². The van der Waals surface area contributed by atoms with Crippen LogP contribution in [0.5, 0.6) is 11.5 Å². The predicted octanol–water partition coefficient (Wildman–Crippen LogP) is 2.19. The van der Waals surface area contributed by atoms with E-state index in [1.807, 2.05) is 0 Å². The third-order valence-corrected chi connectivity index (χ3v) is 9.88. The first-order chi connectivity index (χ1) is 19.8. The topological polar surface area (TPSA) is 183 Å². The Bertz CT molecular complexity index is 1410. The Morgan fingerprint density at radius 3 is 2.43 bits per heavy atom. The molecule has 0 radical (unpaired) electrons. The lowest BCUT2D eigenvalue weighted by atomic mass is 9.58. The van der Waals surface area contributed by atoms with Gasteiger partial charge in [-0.2, -0.15) is 0 Å². The maximum atomic E-state index is 13.9. The van der Waals surface area contributed by atoms with Crippen molar-refractivity contribution < 1.29 is 39.5 Å². The average Bonchev–Trinajstić information content (AvgIpc) is 2.90. The van der Waals surface area contributed by atoms with Crippen molar-refractivity contribution >= 4 is 17.5 Å². The third-order valence-electron chi connectivity index (χ3n) is 9.88. The predicted molar refractivity (Wildman–Crippen MR) is 153 cm³/mol. The molecule has 1 amide bonds. The number of benzene rings is 1. The van der Waals surface area contributed by atoms with Crippen LogP contribution < -0.4 is 15.8 Å². The second-order valence-electron chi connectivity index (χ2n) is 12.9. The average molecular weight is 584 g/mol. The van der Waals surface area contributed by atoms with Crippen LogP contribution in [0, 0.1) is 17.3 Å². The number of hydrogen-bond donors (Lipinski definition) is 6. The Hall–Kier alpha value is -3.41. The number of nitrogens with two attached hydrogens (primary N) is 1. The number of rotatable bonds is 7. The number of fused-ring (bicyclic) bond motifs is 3. The largest absolute Gasteiger partial charge is 0.510 e. The lowest BCUT2D eigenvalue weighted by molar-refractivity contribution is -0.148. The summed E-state index contributed by atoms with van der Waals surface area (Å²) in [6, 6.07) is 0.437. The molecule has 0 spiro atoms. The van der Waals surface area contributed by atoms with Crippen molar-refractivity contribution in [3.63, 3.8) is 0 Å². The molecule has 0 bridgehead atoms. The first-order valence-corrected chi connectivity index (χ1v) is 14.5. The number of ketones is 2. The molecule has 1 aromatic carbocycles. The highest BCUT2D eigenvalue weighted by molar-refractivity contribution is 6.24. The Labute approximate surface area is 245 Å². The van der Waals surface area contributed by atoms with Gasteiger partial charge in [0.2, 0.25) is 5.78 Å². The Morgan fingerprint density at radius 1 is 1.17 bits per heavy atom. The van der Waals surface area contributed by atoms with Crippen LogP contribution in [0.1, 0.15) is 66.9 Å². The fourth-order valence-corrected chi connectivity index (χ4v) is 7.83. The lowest BCUT2D eigenvalue weighted by Crippen LogP contribution is -2.63. The zero-order valence-electron chi connectivity index (χ0n) is 24.6. The molecule has 4 atom stereocenters. The van der Waals surface area contributed by atoms with Crippen LogP contribution in [0.4, 0.5) is 0 Å². The highest BCUT2D eigenvalue weighted by Gasteiger charge is 2.63. The van der Waals surface area contributed by atoms with Gasteiger partial charge < -0.3 is 36.2 Å². The smallest absolute Gasteiger partial charge is 0.255 e. The van der Waals surface area contributed by atoms with E-state index in [1.54, 1.807) is 14.1 Å². The van der Waals surface area contributed by atoms with Crippen molar-refractivity contribution in [1.29, 1.82) is 0 Å². The zero-order chi connectivity index (χ0) is 30.7. The number of aromatic hydroxyl groups is 1. The maximum absolute atomic E-state index is 13.9. The van der Waals surface area contributed by atoms with Gasteiger partial charge in [0, 0.05) is 35.7 Å². The SMILES string of the molecule is COc1c(CNCC2(C)CCCCC2)cc(O)c2c1C[C@H]1C[C@H]3[C@H](N(C)C)C(O)=C(C(N)=O)C(=O)[C@@]3(O)C(O)=C1C2=O. The van der Waals surface area contributed by atoms with Crippen LogP contribution in [0.2, 0.25) is 0 Å². The zero-order valence-corrected chi connectivity index (χ0v) is 24.6. The van der Waals surface area contributed by atoms with Crippen LogP contribution in [-0.4, -0.2) is 82.2 Å². The molecule has 0 heterocycles. The molecule has 1 saturated carbocycles. The highest BCUT2D eigenvalue weighted by atomic mass is 16.5. The van der Waals surface area contributed by atoms with E-state index < -0.39 is 58.0 Å². The number of nitrogens with zero attached hydrogens (tertiary/aromatic N) is 1. The number of phenols is 1. The molecule has 0 aromatic heterocycles. The molecule has 4 aliphatic rings. The standard InChI is InChI=1S/C31H41N3O8/c1-30(8-6-5-7-9-30)14-33-13-16-12-19(35)21-17(26(16)42-4)10-15-11-18-23(34(2)3)25(37)22(29(32)40)28(39)31(18,41)27(38)20(15)24(21)36/h12,15,18,23,33,35,37-38,41H,5-11,13-14H2,1-4H3,(H2,32,40)/t15-,18-,23-,31-/m0/s1. The highest BCUT2D eigenvalue weighted by Crippen LogP contribution is 2.53. The quantitative estimate of drug-likeness (QED) is 0.260. The molecule has 0 saturated heterocycles. The van der Waals surface area contributed by atoms with Crippen LogP contribution in [0.25, 0.3) is 0 Å². The molecular weight excluding hydrogens is 542 g/mol. The van der Waals surface area contributed by atoms with Crippen molar-refractivity contribution in [3.05, 3.63) is 45.4 Å². The Kier molecular flexibility index (Phi) is 7.66. The van der Waals surface area contributed by atoms with E-state index in [9.17, 15) is 34.8 Å². The summed E-state index contributed by atoms with van der Waals surface area (Å²) in [7, 11) is 4.70. The number of allylic oxidation sites excluding steroid dienone is 1. The molecule has 1 aromatic rings. The lowest BCUT2D eigenvalue weighted by Gasteiger charge is -2.50. The summed E-state index contributed by atoms with van der Waals surface area (Å²) < 4.78 is 5.79. The number of phenolic OH excluding ortho intramolecular Hbond substituents is 1. The monoisotopic (exact) mass is 583 g/mol. The minimum absolute atomic E-state index is 0.0243. The number of carbonyl (C=O) groups excluding carboxylic acids is 3. The molecule has 1 fully saturated rings. The normalized spacial score (nSPS) is 28.9. The molecule has 0 aliphatic heterocycles. The molecular formula is C31H41N3O8. The number of carbonyl (C=O) groups is 3. The van der Waals surface area contributed by atoms with Crippen molar-refractivity contribution in [1.82, 2.24) is 10.2 Å². The summed E-state index contributed by atoms with van der Waals surface area (Å²) in [5.41, 5.74) is 3.01. The second kappa shape index (κ2) is 10.7. The van der Waals surface area contributed by atoms with Crippen LogP contribution in [-0.2, 0) is 22.6 Å². The number of primary amides is 1. The molecule has 5 rings (SSSR count). The van der Waals surface area contributed by atoms with Gasteiger partial charge in [-0.05, 0) is 57.2 Å². The van der Waals surface area contributed by atoms with Crippen LogP contribution >= 0.6 is 0 Å². The van der Waals surface area contributed by atoms with E-state index in [0.717, 1.165) is 19.4 Å². The third kappa shape index (κ3) is 4.49. The van der Waals surface area contributed by atoms with Gasteiger partial charge >= 0.3 is 0 Å². The van der Waals surface area contributed by atoms with Crippen LogP contribution in [0.15, 0.2) is 28.7 Å². The number of amides is 1. The van der Waals surface area contributed by atoms with E-state index >= 15 is 0 Å². The number of ether oxygens (including phenoxy) is 1. The maximum Gasteiger partial charge on any atom is 0.255 e. The molecule has 11 heteroatoms. The summed E-state index contributed by atoms with van der Waals surface area (Å²) in [5, 5.41) is 48.7. The van der Waals surface area contributed by atoms with Gasteiger partial charge in [0.1, 0.15) is 28.6 Å². The number of Topliss-reactive ketones (excluding diaryl/α,β-unsaturated/α-hetero) is 2. The van der Waals surface area contributed by atoms with Gasteiger partial charge in [-0.3, -0.25) is 19.3 Å². The molecule has 7 N–H and O–H groups in total. The molecule has 228 valence electrons. The van der Waals surface area contributed by atoms with Crippen molar-refractivity contribution in [2.24, 2.45) is 23.0 Å². The van der Waals surface area contributed by atoms with E-state index in [0.29, 0.717) is 23.4 Å². The summed E-state index contributed by atoms with van der Waals surface area (Å²) >= 11 is 0. The van der Waals surface area contributed by atoms with Crippen molar-refractivity contribution in [2.75, 3.05) is 27.7 Å². The number of likely N-dealkylation sites (N-methyl/N-ethyl adjacent to an activating group) is 1. The minimum atomic E-state index is -2.66. The second-order valence-corrected chi connectivity index (χ2v) is 12.9. The molecule has 11 nitrogen and oxygen atoms in total. The first kappa shape index (κ1) is 30.1. The van der Waals surface area contributed by atoms with E-state index in [4.69, 9.17) is 10.5 Å². The van der Waals surface area contributed by atoms with Gasteiger partial charge in [-0.25, -0.2) is 0 Å². The number of aliphatic hydroxyl groups excluding tert-OH is 2. The number of hydrogen-bond acceptors (Lipinski definition) is 10. The summed E-state index contributed by atoms with van der Waals surface area (Å²) in [5.74, 6) is -6.29. The minimum Gasteiger partial charge on any atom is -0.510 e. The molecule has 42 heavy (non-hydrogen) atoms. The molecule has 0 unspecified atom stereocenters. The van der Waals surface area contributed by atoms with Gasteiger partial charge in [-0.1, -0.05) is 26.2 Å². The summed E-state index contributed by atoms with van der Waals surface area (Å²) in [4.78, 5) is 41.0. The summed E-state index contributed by atoms with van der Waals surface area (Å²) in [6.07, 6.45) is 6.18. The first-order valence-electron chi connectivity index (χ1n) is 14.5. The fourth-order valence-electron chi connectivity index (χ4n) is 7.83. The van der Waals surface area contributed by atoms with Gasteiger partial charge in [0.25, 0.3) is 5.91 Å². The number of aliphatic hydroxyl groups is 3. The number of methoxy groups -OCH3 is 1. The van der Waals surface area contributed by atoms with Gasteiger partial charge in [-0.15, -0.1) is 0 Å². The Balaban J connectivity index is 1.55. The Morgan fingerprint density at radius 2 is 1.83 bits per heavy atom. The van der Waals surface area contributed by atoms with Crippen molar-refractivity contribution in [2.45, 2.75) is 70.1 Å². The van der Waals surface area contributed by atoms with Crippen molar-refractivity contribution in [3.8, 4) is 11.5 Å². The van der Waals surface area contributed by atoms with E-state index in [-0.39, 0.29) is 35.1 Å². The molecule has 4 aliphatic carbocycles. The number of nitrogens with one attached hydrogen (secondary N) is 1. The van der Waals surface area contributed by atoms with Crippen LogP contribution in [0.3, 0.4) is 0 Å².